The third-order valence-corrected chi connectivity index (χ3v) is 4.78. The van der Waals surface area contributed by atoms with Crippen molar-refractivity contribution in [2.45, 2.75) is 39.5 Å². The summed E-state index contributed by atoms with van der Waals surface area (Å²) >= 11 is 6.34. The number of rotatable bonds is 3. The van der Waals surface area contributed by atoms with Crippen LogP contribution >= 0.6 is 11.6 Å². The summed E-state index contributed by atoms with van der Waals surface area (Å²) in [6.45, 7) is 8.85. The van der Waals surface area contributed by atoms with Crippen LogP contribution in [0.1, 0.15) is 45.2 Å². The molecule has 0 amide bonds. The van der Waals surface area contributed by atoms with Gasteiger partial charge >= 0.3 is 0 Å². The van der Waals surface area contributed by atoms with E-state index in [1.54, 1.807) is 6.20 Å². The second-order valence-corrected chi connectivity index (χ2v) is 7.76. The van der Waals surface area contributed by atoms with Crippen LogP contribution in [-0.4, -0.2) is 4.98 Å². The van der Waals surface area contributed by atoms with Crippen molar-refractivity contribution in [2.24, 2.45) is 0 Å². The molecule has 0 radical (unpaired) electrons. The molecule has 0 aliphatic rings. The van der Waals surface area contributed by atoms with Gasteiger partial charge in [0, 0.05) is 11.8 Å². The molecule has 0 aliphatic heterocycles. The molecule has 3 rings (SSSR count). The summed E-state index contributed by atoms with van der Waals surface area (Å²) < 4.78 is 0. The van der Waals surface area contributed by atoms with Crippen LogP contribution in [0, 0.1) is 0 Å². The van der Waals surface area contributed by atoms with Crippen LogP contribution in [0.4, 0.5) is 0 Å². The predicted octanol–water partition coefficient (Wildman–Crippen LogP) is 7.28. The Hall–Kier alpha value is -2.12. The van der Waals surface area contributed by atoms with Crippen LogP contribution in [0.15, 0.2) is 54.7 Å². The highest BCUT2D eigenvalue weighted by atomic mass is 35.5. The molecule has 0 saturated heterocycles. The topological polar surface area (TPSA) is 12.9 Å². The van der Waals surface area contributed by atoms with Gasteiger partial charge in [-0.1, -0.05) is 81.8 Å². The number of aromatic nitrogens is 1. The second-order valence-electron chi connectivity index (χ2n) is 7.40. The smallest absolute Gasteiger partial charge is 0.136 e. The van der Waals surface area contributed by atoms with E-state index in [1.807, 2.05) is 6.07 Å². The third-order valence-electron chi connectivity index (χ3n) is 4.48. The molecule has 0 bridgehead atoms. The number of hydrogen-bond donors (Lipinski definition) is 0. The zero-order valence-electron chi connectivity index (χ0n) is 15.3. The van der Waals surface area contributed by atoms with E-state index in [1.165, 1.54) is 16.3 Å². The van der Waals surface area contributed by atoms with E-state index in [2.05, 4.69) is 81.2 Å². The average molecular weight is 350 g/mol. The van der Waals surface area contributed by atoms with Crippen molar-refractivity contribution in [3.8, 4) is 11.1 Å². The van der Waals surface area contributed by atoms with Crippen molar-refractivity contribution in [1.29, 1.82) is 0 Å². The first-order valence-corrected chi connectivity index (χ1v) is 9.13. The van der Waals surface area contributed by atoms with Gasteiger partial charge in [-0.25, -0.2) is 4.98 Å². The Labute approximate surface area is 155 Å². The summed E-state index contributed by atoms with van der Waals surface area (Å²) in [7, 11) is 0. The first-order chi connectivity index (χ1) is 11.9. The fraction of sp³-hybridized carbons (Fsp3) is 0.261. The first kappa shape index (κ1) is 17.7. The predicted molar refractivity (Wildman–Crippen MR) is 110 cm³/mol. The molecule has 2 heteroatoms. The number of pyridine rings is 1. The van der Waals surface area contributed by atoms with Crippen LogP contribution in [0.25, 0.3) is 28.0 Å². The molecule has 0 unspecified atom stereocenters. The summed E-state index contributed by atoms with van der Waals surface area (Å²) in [5, 5.41) is 3.05. The van der Waals surface area contributed by atoms with Gasteiger partial charge in [0.05, 0.1) is 0 Å². The molecule has 0 N–H and O–H groups in total. The molecule has 128 valence electrons. The van der Waals surface area contributed by atoms with Crippen molar-refractivity contribution in [2.75, 3.05) is 0 Å². The maximum Gasteiger partial charge on any atom is 0.136 e. The van der Waals surface area contributed by atoms with Crippen LogP contribution < -0.4 is 0 Å². The quantitative estimate of drug-likeness (QED) is 0.453. The van der Waals surface area contributed by atoms with E-state index in [0.717, 1.165) is 23.1 Å². The Bertz CT molecular complexity index is 932. The SMILES string of the molecule is CC/C=C/c1c(-c2ccc3cc(C(C)(C)C)ccc3c2)ccnc1Cl. The lowest BCUT2D eigenvalue weighted by Gasteiger charge is -2.19. The van der Waals surface area contributed by atoms with Gasteiger partial charge in [0.25, 0.3) is 0 Å². The molecule has 0 fully saturated rings. The van der Waals surface area contributed by atoms with Gasteiger partial charge in [-0.3, -0.25) is 0 Å². The molecule has 25 heavy (non-hydrogen) atoms. The van der Waals surface area contributed by atoms with Crippen LogP contribution in [0.5, 0.6) is 0 Å². The summed E-state index contributed by atoms with van der Waals surface area (Å²) in [5.74, 6) is 0. The lowest BCUT2D eigenvalue weighted by molar-refractivity contribution is 0.591. The standard InChI is InChI=1S/C23H24ClN/c1-5-6-7-21-20(12-13-25-22(21)24)18-9-8-17-15-19(23(2,3)4)11-10-16(17)14-18/h6-15H,5H2,1-4H3/b7-6+. The molecular formula is C23H24ClN. The summed E-state index contributed by atoms with van der Waals surface area (Å²) in [6.07, 6.45) is 6.92. The monoisotopic (exact) mass is 349 g/mol. The molecular weight excluding hydrogens is 326 g/mol. The molecule has 1 heterocycles. The zero-order valence-corrected chi connectivity index (χ0v) is 16.1. The number of benzene rings is 2. The maximum absolute atomic E-state index is 6.34. The minimum atomic E-state index is 0.156. The van der Waals surface area contributed by atoms with Gasteiger partial charge in [-0.2, -0.15) is 0 Å². The summed E-state index contributed by atoms with van der Waals surface area (Å²) in [4.78, 5) is 4.23. The van der Waals surface area contributed by atoms with Crippen LogP contribution in [-0.2, 0) is 5.41 Å². The number of hydrogen-bond acceptors (Lipinski definition) is 1. The molecule has 3 aromatic rings. The van der Waals surface area contributed by atoms with Gasteiger partial charge < -0.3 is 0 Å². The highest BCUT2D eigenvalue weighted by Crippen LogP contribution is 2.32. The Morgan fingerprint density at radius 3 is 2.44 bits per heavy atom. The summed E-state index contributed by atoms with van der Waals surface area (Å²) in [6, 6.07) is 15.4. The number of halogens is 1. The van der Waals surface area contributed by atoms with Crippen molar-refractivity contribution in [3.05, 3.63) is 71.0 Å². The Morgan fingerprint density at radius 2 is 1.72 bits per heavy atom. The van der Waals surface area contributed by atoms with Crippen LogP contribution in [0.2, 0.25) is 5.15 Å². The highest BCUT2D eigenvalue weighted by Gasteiger charge is 2.14. The second kappa shape index (κ2) is 7.01. The van der Waals surface area contributed by atoms with Gasteiger partial charge in [0.2, 0.25) is 0 Å². The fourth-order valence-corrected chi connectivity index (χ4v) is 3.19. The van der Waals surface area contributed by atoms with Gasteiger partial charge in [0.1, 0.15) is 5.15 Å². The Morgan fingerprint density at radius 1 is 1.00 bits per heavy atom. The lowest BCUT2D eigenvalue weighted by Crippen LogP contribution is -2.10. The number of allylic oxidation sites excluding steroid dienone is 1. The van der Waals surface area contributed by atoms with Crippen molar-refractivity contribution in [1.82, 2.24) is 4.98 Å². The molecule has 1 nitrogen and oxygen atoms in total. The highest BCUT2D eigenvalue weighted by molar-refractivity contribution is 6.31. The molecule has 0 saturated carbocycles. The first-order valence-electron chi connectivity index (χ1n) is 8.76. The minimum absolute atomic E-state index is 0.156. The van der Waals surface area contributed by atoms with E-state index in [4.69, 9.17) is 11.6 Å². The zero-order chi connectivity index (χ0) is 18.0. The number of fused-ring (bicyclic) bond motifs is 1. The van der Waals surface area contributed by atoms with Gasteiger partial charge in [-0.15, -0.1) is 0 Å². The Kier molecular flexibility index (Phi) is 4.96. The fourth-order valence-electron chi connectivity index (χ4n) is 2.97. The summed E-state index contributed by atoms with van der Waals surface area (Å²) in [5.41, 5.74) is 4.77. The minimum Gasteiger partial charge on any atom is -0.244 e. The lowest BCUT2D eigenvalue weighted by atomic mass is 9.85. The van der Waals surface area contributed by atoms with Crippen molar-refractivity contribution in [3.63, 3.8) is 0 Å². The van der Waals surface area contributed by atoms with Gasteiger partial charge in [-0.05, 0) is 51.4 Å². The maximum atomic E-state index is 6.34. The van der Waals surface area contributed by atoms with E-state index in [-0.39, 0.29) is 5.41 Å². The normalized spacial score (nSPS) is 12.2. The number of nitrogens with zero attached hydrogens (tertiary/aromatic N) is 1. The van der Waals surface area contributed by atoms with Gasteiger partial charge in [0.15, 0.2) is 0 Å². The molecule has 1 aromatic heterocycles. The van der Waals surface area contributed by atoms with E-state index < -0.39 is 0 Å². The molecule has 0 atom stereocenters. The molecule has 0 aliphatic carbocycles. The van der Waals surface area contributed by atoms with Crippen molar-refractivity contribution < 1.29 is 0 Å². The third kappa shape index (κ3) is 3.77. The molecule has 0 spiro atoms. The van der Waals surface area contributed by atoms with Crippen molar-refractivity contribution >= 4 is 28.4 Å². The van der Waals surface area contributed by atoms with E-state index in [9.17, 15) is 0 Å². The largest absolute Gasteiger partial charge is 0.244 e. The average Bonchev–Trinajstić information content (AvgIpc) is 2.59. The van der Waals surface area contributed by atoms with Crippen LogP contribution in [0.3, 0.4) is 0 Å². The Balaban J connectivity index is 2.12. The van der Waals surface area contributed by atoms with E-state index in [0.29, 0.717) is 5.15 Å². The van der Waals surface area contributed by atoms with E-state index >= 15 is 0 Å². The molecule has 2 aromatic carbocycles.